The summed E-state index contributed by atoms with van der Waals surface area (Å²) in [7, 11) is 0. The van der Waals surface area contributed by atoms with Crippen molar-refractivity contribution in [3.05, 3.63) is 23.3 Å². The van der Waals surface area contributed by atoms with E-state index in [0.29, 0.717) is 5.92 Å². The molecule has 0 aliphatic heterocycles. The first-order valence-electron chi connectivity index (χ1n) is 12.9. The van der Waals surface area contributed by atoms with Crippen molar-refractivity contribution in [2.45, 2.75) is 129 Å². The summed E-state index contributed by atoms with van der Waals surface area (Å²) in [5.41, 5.74) is 2.80. The highest BCUT2D eigenvalue weighted by Crippen LogP contribution is 2.39. The number of aliphatic hydroxyl groups excluding tert-OH is 2. The molecule has 0 amide bonds. The predicted molar refractivity (Wildman–Crippen MR) is 129 cm³/mol. The summed E-state index contributed by atoms with van der Waals surface area (Å²) in [5.74, 6) is -0.178. The lowest BCUT2D eigenvalue weighted by molar-refractivity contribution is -0.137. The quantitative estimate of drug-likeness (QED) is 0.163. The lowest BCUT2D eigenvalue weighted by atomic mass is 9.91. The van der Waals surface area contributed by atoms with Gasteiger partial charge in [-0.3, -0.25) is 4.79 Å². The van der Waals surface area contributed by atoms with Crippen LogP contribution < -0.4 is 0 Å². The van der Waals surface area contributed by atoms with Crippen LogP contribution in [0.2, 0.25) is 0 Å². The van der Waals surface area contributed by atoms with E-state index in [0.717, 1.165) is 57.8 Å². The number of hydrogen-bond donors (Lipinski definition) is 3. The van der Waals surface area contributed by atoms with Gasteiger partial charge >= 0.3 is 5.97 Å². The molecule has 0 unspecified atom stereocenters. The van der Waals surface area contributed by atoms with Crippen LogP contribution in [0.15, 0.2) is 23.3 Å². The van der Waals surface area contributed by atoms with Crippen molar-refractivity contribution in [1.29, 1.82) is 0 Å². The van der Waals surface area contributed by atoms with Gasteiger partial charge in [-0.05, 0) is 50.9 Å². The number of unbranched alkanes of at least 4 members (excludes halogenated alkanes) is 6. The van der Waals surface area contributed by atoms with Gasteiger partial charge in [0.1, 0.15) is 0 Å². The molecule has 31 heavy (non-hydrogen) atoms. The largest absolute Gasteiger partial charge is 0.481 e. The number of carbonyl (C=O) groups is 1. The van der Waals surface area contributed by atoms with Crippen LogP contribution in [0.25, 0.3) is 0 Å². The minimum absolute atomic E-state index is 0.0243. The van der Waals surface area contributed by atoms with E-state index in [1.165, 1.54) is 43.3 Å². The standard InChI is InChI=1S/C27H48O4/c1-4-6-10-14-22-20-26(29)25(18-17-23(28)19-21(3)13-7-5-2)24(22)15-11-8-9-12-16-27(30)31/h17-18,21,23,25-26,28-29H,4-16,19-20H2,1-3H3,(H,30,31)/b18-17+/t21-,23-,25-,26-/m1/s1. The van der Waals surface area contributed by atoms with Gasteiger partial charge in [0.15, 0.2) is 0 Å². The molecule has 4 nitrogen and oxygen atoms in total. The Kier molecular flexibility index (Phi) is 14.8. The summed E-state index contributed by atoms with van der Waals surface area (Å²) in [4.78, 5) is 10.7. The molecule has 0 aromatic carbocycles. The molecule has 0 aromatic heterocycles. The molecule has 1 rings (SSSR count). The molecule has 0 bridgehead atoms. The number of carboxylic acid groups (broad SMARTS) is 1. The smallest absolute Gasteiger partial charge is 0.303 e. The van der Waals surface area contributed by atoms with Gasteiger partial charge in [0, 0.05) is 12.3 Å². The summed E-state index contributed by atoms with van der Waals surface area (Å²) in [6, 6.07) is 0. The van der Waals surface area contributed by atoms with Crippen LogP contribution in [-0.2, 0) is 4.79 Å². The molecule has 0 radical (unpaired) electrons. The van der Waals surface area contributed by atoms with Crippen molar-refractivity contribution in [1.82, 2.24) is 0 Å². The van der Waals surface area contributed by atoms with Gasteiger partial charge in [-0.2, -0.15) is 0 Å². The molecule has 0 aromatic rings. The lowest BCUT2D eigenvalue weighted by Gasteiger charge is -2.18. The molecule has 0 saturated carbocycles. The third kappa shape index (κ3) is 11.9. The zero-order valence-corrected chi connectivity index (χ0v) is 20.3. The summed E-state index contributed by atoms with van der Waals surface area (Å²) in [5, 5.41) is 30.0. The second kappa shape index (κ2) is 16.5. The third-order valence-corrected chi connectivity index (χ3v) is 6.63. The summed E-state index contributed by atoms with van der Waals surface area (Å²) in [6.07, 6.45) is 17.9. The Morgan fingerprint density at radius 3 is 2.39 bits per heavy atom. The van der Waals surface area contributed by atoms with Crippen molar-refractivity contribution in [3.8, 4) is 0 Å². The SMILES string of the molecule is CCCCCC1=C(CCCCCCC(=O)O)[C@@H](/C=C/[C@@H](O)C[C@H](C)CCCC)[C@H](O)C1. The second-order valence-electron chi connectivity index (χ2n) is 9.63. The van der Waals surface area contributed by atoms with Gasteiger partial charge in [-0.15, -0.1) is 0 Å². The van der Waals surface area contributed by atoms with E-state index in [2.05, 4.69) is 26.8 Å². The number of aliphatic carboxylic acids is 1. The first-order valence-corrected chi connectivity index (χ1v) is 12.9. The van der Waals surface area contributed by atoms with Gasteiger partial charge in [-0.1, -0.05) is 89.0 Å². The van der Waals surface area contributed by atoms with E-state index in [1.54, 1.807) is 0 Å². The molecular weight excluding hydrogens is 388 g/mol. The van der Waals surface area contributed by atoms with E-state index < -0.39 is 12.1 Å². The molecular formula is C27H48O4. The second-order valence-corrected chi connectivity index (χ2v) is 9.63. The van der Waals surface area contributed by atoms with E-state index in [9.17, 15) is 15.0 Å². The predicted octanol–water partition coefficient (Wildman–Crippen LogP) is 6.80. The van der Waals surface area contributed by atoms with Crippen LogP contribution in [0.1, 0.15) is 117 Å². The van der Waals surface area contributed by atoms with Crippen molar-refractivity contribution < 1.29 is 20.1 Å². The molecule has 4 heteroatoms. The minimum atomic E-state index is -0.715. The highest BCUT2D eigenvalue weighted by Gasteiger charge is 2.31. The highest BCUT2D eigenvalue weighted by atomic mass is 16.4. The van der Waals surface area contributed by atoms with Crippen molar-refractivity contribution in [2.75, 3.05) is 0 Å². The molecule has 1 aliphatic carbocycles. The molecule has 180 valence electrons. The van der Waals surface area contributed by atoms with Crippen molar-refractivity contribution >= 4 is 5.97 Å². The van der Waals surface area contributed by atoms with Crippen LogP contribution in [0, 0.1) is 11.8 Å². The number of rotatable bonds is 18. The van der Waals surface area contributed by atoms with E-state index in [4.69, 9.17) is 5.11 Å². The average molecular weight is 437 g/mol. The topological polar surface area (TPSA) is 77.8 Å². The van der Waals surface area contributed by atoms with Gasteiger partial charge < -0.3 is 15.3 Å². The fraction of sp³-hybridized carbons (Fsp3) is 0.815. The summed E-state index contributed by atoms with van der Waals surface area (Å²) in [6.45, 7) is 6.62. The summed E-state index contributed by atoms with van der Waals surface area (Å²) >= 11 is 0. The Balaban J connectivity index is 2.68. The fourth-order valence-corrected chi connectivity index (χ4v) is 4.77. The Hall–Kier alpha value is -1.13. The van der Waals surface area contributed by atoms with Gasteiger partial charge in [-0.25, -0.2) is 0 Å². The van der Waals surface area contributed by atoms with Crippen molar-refractivity contribution in [3.63, 3.8) is 0 Å². The Labute approximate surface area is 190 Å². The maximum atomic E-state index is 10.8. The lowest BCUT2D eigenvalue weighted by Crippen LogP contribution is -2.16. The molecule has 0 spiro atoms. The van der Waals surface area contributed by atoms with Crippen LogP contribution in [0.5, 0.6) is 0 Å². The van der Waals surface area contributed by atoms with Crippen LogP contribution >= 0.6 is 0 Å². The first kappa shape index (κ1) is 27.9. The maximum absolute atomic E-state index is 10.8. The Bertz CT molecular complexity index is 551. The molecule has 4 atom stereocenters. The average Bonchev–Trinajstić information content (AvgIpc) is 3.01. The monoisotopic (exact) mass is 436 g/mol. The first-order chi connectivity index (χ1) is 14.9. The van der Waals surface area contributed by atoms with E-state index in [-0.39, 0.29) is 18.4 Å². The van der Waals surface area contributed by atoms with Crippen LogP contribution in [-0.4, -0.2) is 33.5 Å². The molecule has 0 fully saturated rings. The Morgan fingerprint density at radius 1 is 1.03 bits per heavy atom. The fourth-order valence-electron chi connectivity index (χ4n) is 4.77. The normalized spacial score (nSPS) is 21.2. The third-order valence-electron chi connectivity index (χ3n) is 6.63. The number of aliphatic hydroxyl groups is 2. The maximum Gasteiger partial charge on any atom is 0.303 e. The molecule has 0 saturated heterocycles. The highest BCUT2D eigenvalue weighted by molar-refractivity contribution is 5.66. The van der Waals surface area contributed by atoms with Crippen LogP contribution in [0.3, 0.4) is 0 Å². The molecule has 3 N–H and O–H groups in total. The van der Waals surface area contributed by atoms with Gasteiger partial charge in [0.25, 0.3) is 0 Å². The molecule has 1 aliphatic rings. The summed E-state index contributed by atoms with van der Waals surface area (Å²) < 4.78 is 0. The van der Waals surface area contributed by atoms with Crippen molar-refractivity contribution in [2.24, 2.45) is 11.8 Å². The van der Waals surface area contributed by atoms with E-state index in [1.807, 2.05) is 6.08 Å². The zero-order valence-electron chi connectivity index (χ0n) is 20.3. The van der Waals surface area contributed by atoms with Crippen LogP contribution in [0.4, 0.5) is 0 Å². The Morgan fingerprint density at radius 2 is 1.71 bits per heavy atom. The van der Waals surface area contributed by atoms with Gasteiger partial charge in [0.05, 0.1) is 12.2 Å². The zero-order chi connectivity index (χ0) is 23.1. The minimum Gasteiger partial charge on any atom is -0.481 e. The molecule has 0 heterocycles. The van der Waals surface area contributed by atoms with Gasteiger partial charge in [0.2, 0.25) is 0 Å². The van der Waals surface area contributed by atoms with E-state index >= 15 is 0 Å². The number of hydrogen-bond acceptors (Lipinski definition) is 3. The number of carboxylic acids is 1.